The van der Waals surface area contributed by atoms with Gasteiger partial charge in [-0.2, -0.15) is 0 Å². The summed E-state index contributed by atoms with van der Waals surface area (Å²) >= 11 is 0. The van der Waals surface area contributed by atoms with Crippen molar-refractivity contribution in [2.75, 3.05) is 18.4 Å². The van der Waals surface area contributed by atoms with Crippen LogP contribution in [0.3, 0.4) is 0 Å². The molecule has 0 saturated heterocycles. The molecule has 1 aromatic heterocycles. The number of hydrogen-bond acceptors (Lipinski definition) is 3. The lowest BCUT2D eigenvalue weighted by Crippen LogP contribution is -2.34. The van der Waals surface area contributed by atoms with Gasteiger partial charge < -0.3 is 9.42 Å². The Bertz CT molecular complexity index is 571. The van der Waals surface area contributed by atoms with Gasteiger partial charge in [0, 0.05) is 13.1 Å². The van der Waals surface area contributed by atoms with Crippen LogP contribution in [0.4, 0.5) is 10.7 Å². The number of nitrogens with zero attached hydrogens (tertiary/aromatic N) is 2. The molecule has 106 valence electrons. The molecule has 5 heteroatoms. The summed E-state index contributed by atoms with van der Waals surface area (Å²) in [7, 11) is 0. The highest BCUT2D eigenvalue weighted by atomic mass is 16.5. The second kappa shape index (κ2) is 6.23. The number of aromatic nitrogens is 1. The first-order chi connectivity index (χ1) is 9.65. The Morgan fingerprint density at radius 2 is 1.90 bits per heavy atom. The zero-order chi connectivity index (χ0) is 14.5. The third kappa shape index (κ3) is 2.99. The summed E-state index contributed by atoms with van der Waals surface area (Å²) in [5.41, 5.74) is 2.93. The number of anilines is 1. The van der Waals surface area contributed by atoms with E-state index in [1.54, 1.807) is 11.1 Å². The Morgan fingerprint density at radius 3 is 2.50 bits per heavy atom. The highest BCUT2D eigenvalue weighted by Crippen LogP contribution is 2.28. The third-order valence-corrected chi connectivity index (χ3v) is 3.20. The number of hydrogen-bond donors (Lipinski definition) is 1. The van der Waals surface area contributed by atoms with Gasteiger partial charge in [-0.15, -0.1) is 0 Å². The molecule has 20 heavy (non-hydrogen) atoms. The third-order valence-electron chi connectivity index (χ3n) is 3.20. The smallest absolute Gasteiger partial charge is 0.324 e. The van der Waals surface area contributed by atoms with E-state index in [1.807, 2.05) is 45.0 Å². The molecular weight excluding hydrogens is 254 g/mol. The van der Waals surface area contributed by atoms with Gasteiger partial charge in [0.2, 0.25) is 5.88 Å². The first-order valence-corrected chi connectivity index (χ1v) is 6.73. The van der Waals surface area contributed by atoms with Crippen LogP contribution in [0.1, 0.15) is 19.4 Å². The minimum absolute atomic E-state index is 0.180. The zero-order valence-electron chi connectivity index (χ0n) is 12.0. The van der Waals surface area contributed by atoms with Crippen LogP contribution in [-0.4, -0.2) is 29.2 Å². The zero-order valence-corrected chi connectivity index (χ0v) is 12.0. The summed E-state index contributed by atoms with van der Waals surface area (Å²) in [5, 5.41) is 6.54. The van der Waals surface area contributed by atoms with Gasteiger partial charge in [0.25, 0.3) is 0 Å². The molecule has 0 atom stereocenters. The van der Waals surface area contributed by atoms with Gasteiger partial charge in [0.15, 0.2) is 0 Å². The maximum Gasteiger partial charge on any atom is 0.324 e. The molecule has 0 aliphatic heterocycles. The maximum absolute atomic E-state index is 12.0. The predicted octanol–water partition coefficient (Wildman–Crippen LogP) is 3.52. The quantitative estimate of drug-likeness (QED) is 0.927. The van der Waals surface area contributed by atoms with E-state index in [2.05, 4.69) is 10.5 Å². The normalized spacial score (nSPS) is 10.3. The molecular formula is C15H19N3O2. The van der Waals surface area contributed by atoms with Crippen molar-refractivity contribution >= 4 is 11.9 Å². The molecule has 0 saturated carbocycles. The van der Waals surface area contributed by atoms with Crippen molar-refractivity contribution in [1.29, 1.82) is 0 Å². The SMILES string of the molecule is CCN(CC)C(=O)Nc1oncc1-c1ccc(C)cc1. The molecule has 0 aliphatic rings. The summed E-state index contributed by atoms with van der Waals surface area (Å²) in [5.74, 6) is 0.380. The van der Waals surface area contributed by atoms with Crippen molar-refractivity contribution in [3.05, 3.63) is 36.0 Å². The fourth-order valence-electron chi connectivity index (χ4n) is 1.96. The Hall–Kier alpha value is -2.30. The van der Waals surface area contributed by atoms with Gasteiger partial charge >= 0.3 is 6.03 Å². The molecule has 0 fully saturated rings. The van der Waals surface area contributed by atoms with Crippen LogP contribution in [0.2, 0.25) is 0 Å². The molecule has 0 unspecified atom stereocenters. The van der Waals surface area contributed by atoms with Crippen LogP contribution < -0.4 is 5.32 Å². The Balaban J connectivity index is 2.21. The van der Waals surface area contributed by atoms with E-state index in [0.717, 1.165) is 11.1 Å². The lowest BCUT2D eigenvalue weighted by molar-refractivity contribution is 0.216. The number of benzene rings is 1. The number of carbonyl (C=O) groups excluding carboxylic acids is 1. The molecule has 1 N–H and O–H groups in total. The first-order valence-electron chi connectivity index (χ1n) is 6.73. The van der Waals surface area contributed by atoms with Gasteiger partial charge in [-0.1, -0.05) is 35.0 Å². The summed E-state index contributed by atoms with van der Waals surface area (Å²) in [6, 6.07) is 7.81. The average molecular weight is 273 g/mol. The molecule has 2 rings (SSSR count). The second-order valence-corrected chi connectivity index (χ2v) is 4.54. The Morgan fingerprint density at radius 1 is 1.25 bits per heavy atom. The fraction of sp³-hybridized carbons (Fsp3) is 0.333. The van der Waals surface area contributed by atoms with E-state index < -0.39 is 0 Å². The van der Waals surface area contributed by atoms with E-state index in [9.17, 15) is 4.79 Å². The molecule has 0 radical (unpaired) electrons. The van der Waals surface area contributed by atoms with Crippen molar-refractivity contribution in [3.63, 3.8) is 0 Å². The van der Waals surface area contributed by atoms with Crippen molar-refractivity contribution in [1.82, 2.24) is 10.1 Å². The summed E-state index contributed by atoms with van der Waals surface area (Å²) in [4.78, 5) is 13.7. The van der Waals surface area contributed by atoms with Gasteiger partial charge in [0.05, 0.1) is 11.8 Å². The molecule has 0 aliphatic carbocycles. The van der Waals surface area contributed by atoms with Gasteiger partial charge in [-0.25, -0.2) is 4.79 Å². The van der Waals surface area contributed by atoms with Gasteiger partial charge in [-0.05, 0) is 26.3 Å². The van der Waals surface area contributed by atoms with E-state index >= 15 is 0 Å². The van der Waals surface area contributed by atoms with Crippen molar-refractivity contribution < 1.29 is 9.32 Å². The van der Waals surface area contributed by atoms with E-state index in [-0.39, 0.29) is 6.03 Å². The minimum Gasteiger partial charge on any atom is -0.338 e. The molecule has 1 aromatic carbocycles. The summed E-state index contributed by atoms with van der Waals surface area (Å²) in [6.07, 6.45) is 1.61. The van der Waals surface area contributed by atoms with Crippen molar-refractivity contribution in [3.8, 4) is 11.1 Å². The maximum atomic E-state index is 12.0. The van der Waals surface area contributed by atoms with E-state index in [4.69, 9.17) is 4.52 Å². The molecule has 0 spiro atoms. The van der Waals surface area contributed by atoms with Crippen LogP contribution in [0.5, 0.6) is 0 Å². The molecule has 2 aromatic rings. The van der Waals surface area contributed by atoms with Crippen LogP contribution in [0.25, 0.3) is 11.1 Å². The Labute approximate surface area is 118 Å². The van der Waals surface area contributed by atoms with Gasteiger partial charge in [-0.3, -0.25) is 5.32 Å². The largest absolute Gasteiger partial charge is 0.338 e. The van der Waals surface area contributed by atoms with Crippen molar-refractivity contribution in [2.24, 2.45) is 0 Å². The van der Waals surface area contributed by atoms with Crippen molar-refractivity contribution in [2.45, 2.75) is 20.8 Å². The first kappa shape index (κ1) is 14.1. The van der Waals surface area contributed by atoms with Crippen LogP contribution in [0, 0.1) is 6.92 Å². The van der Waals surface area contributed by atoms with Gasteiger partial charge in [0.1, 0.15) is 0 Å². The summed E-state index contributed by atoms with van der Waals surface area (Å²) in [6.45, 7) is 7.20. The van der Waals surface area contributed by atoms with Crippen LogP contribution in [0.15, 0.2) is 35.0 Å². The number of nitrogens with one attached hydrogen (secondary N) is 1. The topological polar surface area (TPSA) is 58.4 Å². The number of rotatable bonds is 4. The predicted molar refractivity (Wildman–Crippen MR) is 78.6 cm³/mol. The van der Waals surface area contributed by atoms with Crippen LogP contribution in [-0.2, 0) is 0 Å². The molecule has 1 heterocycles. The minimum atomic E-state index is -0.180. The Kier molecular flexibility index (Phi) is 4.40. The number of urea groups is 1. The lowest BCUT2D eigenvalue weighted by atomic mass is 10.1. The molecule has 0 bridgehead atoms. The number of amides is 2. The van der Waals surface area contributed by atoms with E-state index in [1.165, 1.54) is 5.56 Å². The molecule has 2 amide bonds. The number of aryl methyl sites for hydroxylation is 1. The lowest BCUT2D eigenvalue weighted by Gasteiger charge is -2.18. The van der Waals surface area contributed by atoms with E-state index in [0.29, 0.717) is 19.0 Å². The second-order valence-electron chi connectivity index (χ2n) is 4.54. The highest BCUT2D eigenvalue weighted by Gasteiger charge is 2.16. The number of carbonyl (C=O) groups is 1. The fourth-order valence-corrected chi connectivity index (χ4v) is 1.96. The average Bonchev–Trinajstić information content (AvgIpc) is 2.89. The molecule has 5 nitrogen and oxygen atoms in total. The van der Waals surface area contributed by atoms with Crippen LogP contribution >= 0.6 is 0 Å². The summed E-state index contributed by atoms with van der Waals surface area (Å²) < 4.78 is 5.15. The standard InChI is InChI=1S/C15H19N3O2/c1-4-18(5-2)15(19)17-14-13(10-16-20-14)12-8-6-11(3)7-9-12/h6-10H,4-5H2,1-3H3,(H,17,19). The monoisotopic (exact) mass is 273 g/mol. The highest BCUT2D eigenvalue weighted by molar-refractivity contribution is 5.92.